The first kappa shape index (κ1) is 26.5. The molecule has 4 rings (SSSR count). The zero-order valence-electron chi connectivity index (χ0n) is 20.9. The first-order valence-corrected chi connectivity index (χ1v) is 13.8. The minimum absolute atomic E-state index is 0.116. The largest absolute Gasteiger partial charge is 0.481 e. The molecule has 192 valence electrons. The number of ether oxygens (including phenoxy) is 2. The van der Waals surface area contributed by atoms with Crippen LogP contribution in [0.5, 0.6) is 5.75 Å². The molecule has 3 aromatic rings. The standard InChI is InChI=1S/C25H29ClN4O4S2/c1-13-7-9-17(26)18(10-13)34-15(3)22-28-29-25(30(22)4)35-12-20(31)27-23-21(24(32)33-5)16-8-6-14(2)11-19(16)36-23/h7,9-10,14-15H,6,8,11-12H2,1-5H3,(H,27,31). The van der Waals surface area contributed by atoms with Crippen LogP contribution in [0.3, 0.4) is 0 Å². The summed E-state index contributed by atoms with van der Waals surface area (Å²) in [6, 6.07) is 5.59. The average molecular weight is 549 g/mol. The van der Waals surface area contributed by atoms with Crippen molar-refractivity contribution in [2.24, 2.45) is 13.0 Å². The quantitative estimate of drug-likeness (QED) is 0.288. The van der Waals surface area contributed by atoms with E-state index in [0.717, 1.165) is 35.3 Å². The number of benzene rings is 1. The number of fused-ring (bicyclic) bond motifs is 1. The molecule has 2 aromatic heterocycles. The Morgan fingerprint density at radius 3 is 2.89 bits per heavy atom. The molecule has 8 nitrogen and oxygen atoms in total. The Labute approximate surface area is 223 Å². The number of nitrogens with zero attached hydrogens (tertiary/aromatic N) is 3. The lowest BCUT2D eigenvalue weighted by Crippen LogP contribution is -2.17. The Balaban J connectivity index is 1.42. The lowest BCUT2D eigenvalue weighted by atomic mass is 9.88. The third-order valence-electron chi connectivity index (χ3n) is 6.11. The van der Waals surface area contributed by atoms with Crippen molar-refractivity contribution in [1.82, 2.24) is 14.8 Å². The van der Waals surface area contributed by atoms with Crippen molar-refractivity contribution in [2.45, 2.75) is 51.3 Å². The van der Waals surface area contributed by atoms with E-state index in [-0.39, 0.29) is 11.7 Å². The number of hydrogen-bond donors (Lipinski definition) is 1. The Bertz CT molecular complexity index is 1290. The van der Waals surface area contributed by atoms with E-state index >= 15 is 0 Å². The summed E-state index contributed by atoms with van der Waals surface area (Å²) in [5, 5.41) is 13.1. The smallest absolute Gasteiger partial charge is 0.341 e. The van der Waals surface area contributed by atoms with Crippen molar-refractivity contribution >= 4 is 51.6 Å². The van der Waals surface area contributed by atoms with Crippen molar-refractivity contribution in [3.05, 3.63) is 50.6 Å². The van der Waals surface area contributed by atoms with Crippen LogP contribution in [-0.4, -0.2) is 39.5 Å². The minimum Gasteiger partial charge on any atom is -0.481 e. The number of anilines is 1. The number of esters is 1. The highest BCUT2D eigenvalue weighted by Gasteiger charge is 2.29. The van der Waals surface area contributed by atoms with Gasteiger partial charge in [-0.05, 0) is 62.3 Å². The van der Waals surface area contributed by atoms with Crippen molar-refractivity contribution in [1.29, 1.82) is 0 Å². The zero-order valence-corrected chi connectivity index (χ0v) is 23.3. The summed E-state index contributed by atoms with van der Waals surface area (Å²) in [5.41, 5.74) is 2.54. The van der Waals surface area contributed by atoms with Gasteiger partial charge >= 0.3 is 5.97 Å². The molecule has 1 aromatic carbocycles. The molecule has 36 heavy (non-hydrogen) atoms. The normalized spacial score (nSPS) is 15.8. The fraction of sp³-hybridized carbons (Fsp3) is 0.440. The second-order valence-corrected chi connectivity index (χ2v) is 11.4. The maximum absolute atomic E-state index is 12.8. The van der Waals surface area contributed by atoms with Gasteiger partial charge < -0.3 is 19.4 Å². The van der Waals surface area contributed by atoms with Crippen LogP contribution in [0, 0.1) is 12.8 Å². The Morgan fingerprint density at radius 2 is 2.14 bits per heavy atom. The number of carbonyl (C=O) groups is 2. The molecule has 0 saturated carbocycles. The fourth-order valence-electron chi connectivity index (χ4n) is 4.20. The lowest BCUT2D eigenvalue weighted by molar-refractivity contribution is -0.113. The second-order valence-electron chi connectivity index (χ2n) is 8.98. The van der Waals surface area contributed by atoms with Gasteiger partial charge in [0.25, 0.3) is 0 Å². The van der Waals surface area contributed by atoms with Crippen LogP contribution in [0.1, 0.15) is 58.6 Å². The number of carbonyl (C=O) groups excluding carboxylic acids is 2. The van der Waals surface area contributed by atoms with Crippen LogP contribution in [0.15, 0.2) is 23.4 Å². The maximum atomic E-state index is 12.8. The molecule has 0 spiro atoms. The van der Waals surface area contributed by atoms with Gasteiger partial charge in [-0.3, -0.25) is 4.79 Å². The summed E-state index contributed by atoms with van der Waals surface area (Å²) in [7, 11) is 3.19. The molecule has 11 heteroatoms. The van der Waals surface area contributed by atoms with Crippen LogP contribution in [0.4, 0.5) is 5.00 Å². The van der Waals surface area contributed by atoms with Gasteiger partial charge in [-0.25, -0.2) is 4.79 Å². The molecule has 1 amide bonds. The molecular formula is C25H29ClN4O4S2. The highest BCUT2D eigenvalue weighted by molar-refractivity contribution is 7.99. The number of methoxy groups -OCH3 is 1. The minimum atomic E-state index is -0.411. The molecule has 0 bridgehead atoms. The highest BCUT2D eigenvalue weighted by atomic mass is 35.5. The summed E-state index contributed by atoms with van der Waals surface area (Å²) in [6.45, 7) is 6.04. The molecule has 0 aliphatic heterocycles. The first-order chi connectivity index (χ1) is 17.2. The number of rotatable bonds is 8. The van der Waals surface area contributed by atoms with E-state index in [1.54, 1.807) is 10.6 Å². The molecule has 0 fully saturated rings. The third kappa shape index (κ3) is 5.71. The molecule has 2 unspecified atom stereocenters. The van der Waals surface area contributed by atoms with Crippen LogP contribution >= 0.6 is 34.7 Å². The van der Waals surface area contributed by atoms with E-state index in [4.69, 9.17) is 21.1 Å². The molecule has 0 saturated heterocycles. The van der Waals surface area contributed by atoms with E-state index in [1.807, 2.05) is 33.0 Å². The van der Waals surface area contributed by atoms with Gasteiger partial charge in [-0.2, -0.15) is 0 Å². The SMILES string of the molecule is COC(=O)c1c(NC(=O)CSc2nnc(C(C)Oc3cc(C)ccc3Cl)n2C)sc2c1CCC(C)C2. The Hall–Kier alpha value is -2.56. The second kappa shape index (κ2) is 11.2. The number of halogens is 1. The van der Waals surface area contributed by atoms with Gasteiger partial charge in [-0.15, -0.1) is 21.5 Å². The van der Waals surface area contributed by atoms with Gasteiger partial charge in [0.1, 0.15) is 10.8 Å². The van der Waals surface area contributed by atoms with Crippen LogP contribution in [-0.2, 0) is 29.4 Å². The van der Waals surface area contributed by atoms with Crippen molar-refractivity contribution in [3.63, 3.8) is 0 Å². The van der Waals surface area contributed by atoms with E-state index in [0.29, 0.717) is 38.2 Å². The molecule has 1 aliphatic rings. The average Bonchev–Trinajstić information content (AvgIpc) is 3.38. The van der Waals surface area contributed by atoms with E-state index < -0.39 is 12.1 Å². The van der Waals surface area contributed by atoms with E-state index in [9.17, 15) is 9.59 Å². The van der Waals surface area contributed by atoms with Gasteiger partial charge in [0.15, 0.2) is 17.1 Å². The van der Waals surface area contributed by atoms with Crippen LogP contribution in [0.2, 0.25) is 5.02 Å². The number of aryl methyl sites for hydroxylation is 1. The molecule has 2 heterocycles. The summed E-state index contributed by atoms with van der Waals surface area (Å²) in [6.07, 6.45) is 2.35. The number of aromatic nitrogens is 3. The molecule has 1 N–H and O–H groups in total. The van der Waals surface area contributed by atoms with Crippen molar-refractivity contribution in [3.8, 4) is 5.75 Å². The highest BCUT2D eigenvalue weighted by Crippen LogP contribution is 2.40. The summed E-state index contributed by atoms with van der Waals surface area (Å²) in [5.74, 6) is 1.23. The number of hydrogen-bond acceptors (Lipinski definition) is 8. The van der Waals surface area contributed by atoms with Gasteiger partial charge in [0.2, 0.25) is 5.91 Å². The topological polar surface area (TPSA) is 95.3 Å². The first-order valence-electron chi connectivity index (χ1n) is 11.7. The third-order valence-corrected chi connectivity index (χ3v) is 8.61. The number of amides is 1. The molecule has 0 radical (unpaired) electrons. The van der Waals surface area contributed by atoms with E-state index in [1.165, 1.54) is 30.2 Å². The summed E-state index contributed by atoms with van der Waals surface area (Å²) < 4.78 is 12.8. The van der Waals surface area contributed by atoms with Gasteiger partial charge in [0, 0.05) is 11.9 Å². The summed E-state index contributed by atoms with van der Waals surface area (Å²) >= 11 is 8.99. The predicted molar refractivity (Wildman–Crippen MR) is 142 cm³/mol. The maximum Gasteiger partial charge on any atom is 0.341 e. The lowest BCUT2D eigenvalue weighted by Gasteiger charge is -2.18. The molecular weight excluding hydrogens is 520 g/mol. The molecule has 2 atom stereocenters. The number of thioether (sulfide) groups is 1. The molecule has 1 aliphatic carbocycles. The van der Waals surface area contributed by atoms with Crippen molar-refractivity contribution in [2.75, 3.05) is 18.2 Å². The number of thiophene rings is 1. The van der Waals surface area contributed by atoms with Gasteiger partial charge in [-0.1, -0.05) is 36.4 Å². The summed E-state index contributed by atoms with van der Waals surface area (Å²) in [4.78, 5) is 26.4. The number of nitrogens with one attached hydrogen (secondary N) is 1. The van der Waals surface area contributed by atoms with Crippen LogP contribution in [0.25, 0.3) is 0 Å². The van der Waals surface area contributed by atoms with Gasteiger partial charge in [0.05, 0.1) is 23.4 Å². The van der Waals surface area contributed by atoms with E-state index in [2.05, 4.69) is 22.4 Å². The Morgan fingerprint density at radius 1 is 1.36 bits per heavy atom. The Kier molecular flexibility index (Phi) is 8.27. The van der Waals surface area contributed by atoms with Crippen molar-refractivity contribution < 1.29 is 19.1 Å². The van der Waals surface area contributed by atoms with Crippen LogP contribution < -0.4 is 10.1 Å². The predicted octanol–water partition coefficient (Wildman–Crippen LogP) is 5.62. The fourth-order valence-corrected chi connectivity index (χ4v) is 6.49. The monoisotopic (exact) mass is 548 g/mol. The zero-order chi connectivity index (χ0) is 26.0.